The predicted molar refractivity (Wildman–Crippen MR) is 70.8 cm³/mol. The number of amidine groups is 1. The third-order valence-corrected chi connectivity index (χ3v) is 3.04. The highest BCUT2D eigenvalue weighted by atomic mass is 35.5. The van der Waals surface area contributed by atoms with Crippen LogP contribution in [0.4, 0.5) is 0 Å². The number of rotatable bonds is 2. The molecule has 0 aromatic heterocycles. The summed E-state index contributed by atoms with van der Waals surface area (Å²) in [6.07, 6.45) is 2.35. The fourth-order valence-electron chi connectivity index (χ4n) is 1.57. The maximum absolute atomic E-state index is 6.10. The van der Waals surface area contributed by atoms with Gasteiger partial charge in [-0.2, -0.15) is 0 Å². The van der Waals surface area contributed by atoms with E-state index in [4.69, 9.17) is 34.8 Å². The molecule has 1 heterocycles. The zero-order valence-corrected chi connectivity index (χ0v) is 10.5. The van der Waals surface area contributed by atoms with Gasteiger partial charge in [-0.25, -0.2) is 10.8 Å². The third kappa shape index (κ3) is 2.91. The molecular formula is C11H12Cl2N4. The van der Waals surface area contributed by atoms with Gasteiger partial charge in [0.1, 0.15) is 12.5 Å². The summed E-state index contributed by atoms with van der Waals surface area (Å²) in [5.74, 6) is 6.14. The van der Waals surface area contributed by atoms with E-state index in [2.05, 4.69) is 4.99 Å². The molecule has 17 heavy (non-hydrogen) atoms. The van der Waals surface area contributed by atoms with Gasteiger partial charge in [-0.3, -0.25) is 5.01 Å². The molecule has 0 saturated heterocycles. The number of hydrazine groups is 1. The molecule has 0 radical (unpaired) electrons. The fourth-order valence-corrected chi connectivity index (χ4v) is 2.05. The Morgan fingerprint density at radius 3 is 2.82 bits per heavy atom. The summed E-state index contributed by atoms with van der Waals surface area (Å²) in [5.41, 5.74) is 7.59. The van der Waals surface area contributed by atoms with Gasteiger partial charge in [0.25, 0.3) is 0 Å². The molecule has 0 unspecified atom stereocenters. The first-order valence-corrected chi connectivity index (χ1v) is 5.78. The molecule has 0 saturated carbocycles. The van der Waals surface area contributed by atoms with Crippen molar-refractivity contribution in [2.24, 2.45) is 16.6 Å². The highest BCUT2D eigenvalue weighted by Crippen LogP contribution is 2.23. The zero-order chi connectivity index (χ0) is 12.4. The smallest absolute Gasteiger partial charge is 0.126 e. The molecule has 0 fully saturated rings. The number of nitrogens with two attached hydrogens (primary N) is 2. The minimum absolute atomic E-state index is 0.379. The quantitative estimate of drug-likeness (QED) is 0.807. The SMILES string of the molecule is NC1=NCN(N)C=C1Cc1ccc(Cl)cc1Cl. The van der Waals surface area contributed by atoms with Crippen LogP contribution >= 0.6 is 23.2 Å². The van der Waals surface area contributed by atoms with E-state index in [1.54, 1.807) is 18.3 Å². The molecule has 0 atom stereocenters. The van der Waals surface area contributed by atoms with Crippen molar-refractivity contribution in [3.63, 3.8) is 0 Å². The summed E-state index contributed by atoms with van der Waals surface area (Å²) in [5, 5.41) is 2.70. The fraction of sp³-hybridized carbons (Fsp3) is 0.182. The van der Waals surface area contributed by atoms with Crippen molar-refractivity contribution in [3.05, 3.63) is 45.6 Å². The standard InChI is InChI=1S/C11H12Cl2N4/c12-9-2-1-7(10(13)4-9)3-8-5-17(15)6-16-11(8)14/h1-2,4-5H,3,6,15H2,(H2,14,16). The Balaban J connectivity index is 2.23. The molecule has 2 rings (SSSR count). The van der Waals surface area contributed by atoms with Crippen molar-refractivity contribution in [1.29, 1.82) is 0 Å². The minimum atomic E-state index is 0.379. The van der Waals surface area contributed by atoms with Crippen LogP contribution in [0.2, 0.25) is 10.0 Å². The van der Waals surface area contributed by atoms with E-state index in [1.165, 1.54) is 5.01 Å². The Labute approximate surface area is 109 Å². The lowest BCUT2D eigenvalue weighted by Gasteiger charge is -2.20. The molecular weight excluding hydrogens is 259 g/mol. The zero-order valence-electron chi connectivity index (χ0n) is 9.03. The van der Waals surface area contributed by atoms with E-state index < -0.39 is 0 Å². The lowest BCUT2D eigenvalue weighted by Crippen LogP contribution is -2.33. The van der Waals surface area contributed by atoms with Gasteiger partial charge in [-0.15, -0.1) is 0 Å². The molecule has 4 nitrogen and oxygen atoms in total. The number of nitrogens with zero attached hydrogens (tertiary/aromatic N) is 2. The molecule has 6 heteroatoms. The van der Waals surface area contributed by atoms with Crippen LogP contribution in [0.5, 0.6) is 0 Å². The summed E-state index contributed by atoms with van der Waals surface area (Å²) in [7, 11) is 0. The minimum Gasteiger partial charge on any atom is -0.384 e. The molecule has 4 N–H and O–H groups in total. The second kappa shape index (κ2) is 4.96. The van der Waals surface area contributed by atoms with Gasteiger partial charge < -0.3 is 5.73 Å². The first kappa shape index (κ1) is 12.2. The number of halogens is 2. The largest absolute Gasteiger partial charge is 0.384 e. The number of aliphatic imine (C=N–C) groups is 1. The Kier molecular flexibility index (Phi) is 3.57. The molecule has 1 aromatic carbocycles. The average molecular weight is 271 g/mol. The lowest BCUT2D eigenvalue weighted by molar-refractivity contribution is 0.399. The Bertz CT molecular complexity index is 496. The van der Waals surface area contributed by atoms with Crippen molar-refractivity contribution < 1.29 is 0 Å². The highest BCUT2D eigenvalue weighted by molar-refractivity contribution is 6.35. The van der Waals surface area contributed by atoms with Crippen LogP contribution < -0.4 is 11.6 Å². The van der Waals surface area contributed by atoms with Gasteiger partial charge in [0.15, 0.2) is 0 Å². The number of hydrogen-bond donors (Lipinski definition) is 2. The molecule has 0 amide bonds. The Morgan fingerprint density at radius 1 is 1.35 bits per heavy atom. The van der Waals surface area contributed by atoms with E-state index >= 15 is 0 Å². The summed E-state index contributed by atoms with van der Waals surface area (Å²) in [6.45, 7) is 0.379. The van der Waals surface area contributed by atoms with E-state index in [1.807, 2.05) is 6.07 Å². The second-order valence-electron chi connectivity index (χ2n) is 3.77. The van der Waals surface area contributed by atoms with E-state index in [0.717, 1.165) is 11.1 Å². The maximum Gasteiger partial charge on any atom is 0.126 e. The molecule has 0 bridgehead atoms. The Hall–Kier alpha value is -1.23. The number of hydrogen-bond acceptors (Lipinski definition) is 4. The molecule has 90 valence electrons. The maximum atomic E-state index is 6.10. The molecule has 1 aliphatic rings. The van der Waals surface area contributed by atoms with Gasteiger partial charge in [-0.1, -0.05) is 29.3 Å². The predicted octanol–water partition coefficient (Wildman–Crippen LogP) is 1.92. The van der Waals surface area contributed by atoms with E-state index in [9.17, 15) is 0 Å². The summed E-state index contributed by atoms with van der Waals surface area (Å²) >= 11 is 11.9. The van der Waals surface area contributed by atoms with Gasteiger partial charge in [-0.05, 0) is 17.7 Å². The van der Waals surface area contributed by atoms with Crippen LogP contribution in [0, 0.1) is 0 Å². The van der Waals surface area contributed by atoms with E-state index in [0.29, 0.717) is 29.0 Å². The van der Waals surface area contributed by atoms with Crippen molar-refractivity contribution in [1.82, 2.24) is 5.01 Å². The molecule has 1 aromatic rings. The monoisotopic (exact) mass is 270 g/mol. The van der Waals surface area contributed by atoms with E-state index in [-0.39, 0.29) is 0 Å². The lowest BCUT2D eigenvalue weighted by atomic mass is 10.0. The van der Waals surface area contributed by atoms with Crippen molar-refractivity contribution >= 4 is 29.0 Å². The molecule has 0 spiro atoms. The average Bonchev–Trinajstić information content (AvgIpc) is 2.27. The van der Waals surface area contributed by atoms with Crippen LogP contribution in [0.3, 0.4) is 0 Å². The van der Waals surface area contributed by atoms with Crippen LogP contribution in [-0.4, -0.2) is 17.5 Å². The summed E-state index contributed by atoms with van der Waals surface area (Å²) < 4.78 is 0. The van der Waals surface area contributed by atoms with Gasteiger partial charge in [0.05, 0.1) is 0 Å². The van der Waals surface area contributed by atoms with Gasteiger partial charge in [0, 0.05) is 28.2 Å². The number of benzene rings is 1. The van der Waals surface area contributed by atoms with Gasteiger partial charge in [0.2, 0.25) is 0 Å². The van der Waals surface area contributed by atoms with Crippen LogP contribution in [-0.2, 0) is 6.42 Å². The highest BCUT2D eigenvalue weighted by Gasteiger charge is 2.12. The third-order valence-electron chi connectivity index (χ3n) is 2.45. The van der Waals surface area contributed by atoms with Crippen LogP contribution in [0.25, 0.3) is 0 Å². The van der Waals surface area contributed by atoms with Gasteiger partial charge >= 0.3 is 0 Å². The summed E-state index contributed by atoms with van der Waals surface area (Å²) in [4.78, 5) is 4.09. The Morgan fingerprint density at radius 2 is 2.12 bits per heavy atom. The van der Waals surface area contributed by atoms with Crippen molar-refractivity contribution in [2.45, 2.75) is 6.42 Å². The first-order chi connectivity index (χ1) is 8.06. The van der Waals surface area contributed by atoms with Crippen molar-refractivity contribution in [3.8, 4) is 0 Å². The summed E-state index contributed by atoms with van der Waals surface area (Å²) in [6, 6.07) is 5.36. The van der Waals surface area contributed by atoms with Crippen LogP contribution in [0.15, 0.2) is 35.0 Å². The second-order valence-corrected chi connectivity index (χ2v) is 4.61. The normalized spacial score (nSPS) is 15.6. The van der Waals surface area contributed by atoms with Crippen LogP contribution in [0.1, 0.15) is 5.56 Å². The first-order valence-electron chi connectivity index (χ1n) is 5.02. The molecule has 1 aliphatic heterocycles. The molecule has 0 aliphatic carbocycles. The topological polar surface area (TPSA) is 67.6 Å². The van der Waals surface area contributed by atoms with Crippen molar-refractivity contribution in [2.75, 3.05) is 6.67 Å².